The van der Waals surface area contributed by atoms with E-state index in [-0.39, 0.29) is 5.82 Å². The number of likely N-dealkylation sites (N-methyl/N-ethyl adjacent to an activating group) is 1. The van der Waals surface area contributed by atoms with Crippen molar-refractivity contribution >= 4 is 0 Å². The van der Waals surface area contributed by atoms with Crippen LogP contribution in [0.2, 0.25) is 0 Å². The second-order valence-electron chi connectivity index (χ2n) is 5.93. The first-order valence-electron chi connectivity index (χ1n) is 7.81. The van der Waals surface area contributed by atoms with E-state index in [1.54, 1.807) is 23.0 Å². The third-order valence-corrected chi connectivity index (χ3v) is 3.98. The zero-order valence-corrected chi connectivity index (χ0v) is 12.9. The van der Waals surface area contributed by atoms with E-state index < -0.39 is 0 Å². The summed E-state index contributed by atoms with van der Waals surface area (Å²) in [5.41, 5.74) is 1.55. The number of rotatable bonds is 5. The number of benzene rings is 1. The second kappa shape index (κ2) is 7.03. The molecule has 1 aliphatic rings. The fourth-order valence-corrected chi connectivity index (χ4v) is 2.89. The summed E-state index contributed by atoms with van der Waals surface area (Å²) < 4.78 is 21.1. The van der Waals surface area contributed by atoms with Crippen LogP contribution in [0.15, 0.2) is 36.7 Å². The summed E-state index contributed by atoms with van der Waals surface area (Å²) in [5, 5.41) is 4.27. The van der Waals surface area contributed by atoms with Crippen molar-refractivity contribution in [2.75, 3.05) is 20.2 Å². The molecule has 1 aliphatic heterocycles. The Kier molecular flexibility index (Phi) is 4.85. The van der Waals surface area contributed by atoms with Gasteiger partial charge in [0.05, 0.1) is 12.3 Å². The van der Waals surface area contributed by atoms with E-state index in [4.69, 9.17) is 4.74 Å². The summed E-state index contributed by atoms with van der Waals surface area (Å²) in [6.07, 6.45) is 7.58. The molecule has 1 fully saturated rings. The van der Waals surface area contributed by atoms with E-state index in [2.05, 4.69) is 17.0 Å². The molecule has 1 aromatic heterocycles. The van der Waals surface area contributed by atoms with Gasteiger partial charge < -0.3 is 4.74 Å². The highest BCUT2D eigenvalue weighted by Gasteiger charge is 2.16. The Bertz CT molecular complexity index is 607. The molecular formula is C17H22FN3O. The Morgan fingerprint density at radius 1 is 1.36 bits per heavy atom. The molecule has 2 aromatic rings. The predicted molar refractivity (Wildman–Crippen MR) is 83.4 cm³/mol. The average molecular weight is 303 g/mol. The van der Waals surface area contributed by atoms with Crippen LogP contribution in [0.5, 0.6) is 0 Å². The number of aromatic nitrogens is 2. The quantitative estimate of drug-likeness (QED) is 0.850. The van der Waals surface area contributed by atoms with Gasteiger partial charge in [-0.3, -0.25) is 4.90 Å². The molecule has 5 heteroatoms. The van der Waals surface area contributed by atoms with Crippen LogP contribution in [0, 0.1) is 5.82 Å². The van der Waals surface area contributed by atoms with E-state index >= 15 is 0 Å². The summed E-state index contributed by atoms with van der Waals surface area (Å²) in [6, 6.07) is 6.67. The number of hydrogen-bond acceptors (Lipinski definition) is 3. The van der Waals surface area contributed by atoms with E-state index in [0.29, 0.717) is 11.8 Å². The summed E-state index contributed by atoms with van der Waals surface area (Å²) in [7, 11) is 2.08. The van der Waals surface area contributed by atoms with Crippen molar-refractivity contribution in [3.8, 4) is 5.69 Å². The van der Waals surface area contributed by atoms with E-state index in [0.717, 1.165) is 31.7 Å². The third-order valence-electron chi connectivity index (χ3n) is 3.98. The Balaban J connectivity index is 1.60. The molecule has 0 radical (unpaired) electrons. The zero-order chi connectivity index (χ0) is 15.4. The Morgan fingerprint density at radius 2 is 2.23 bits per heavy atom. The van der Waals surface area contributed by atoms with Gasteiger partial charge in [-0.25, -0.2) is 9.07 Å². The van der Waals surface area contributed by atoms with Gasteiger partial charge in [0, 0.05) is 31.5 Å². The van der Waals surface area contributed by atoms with Crippen LogP contribution >= 0.6 is 0 Å². The zero-order valence-electron chi connectivity index (χ0n) is 12.9. The minimum Gasteiger partial charge on any atom is -0.377 e. The van der Waals surface area contributed by atoms with Crippen molar-refractivity contribution in [1.82, 2.24) is 14.7 Å². The molecule has 0 amide bonds. The molecule has 3 rings (SSSR count). The van der Waals surface area contributed by atoms with Crippen LogP contribution in [-0.2, 0) is 11.3 Å². The van der Waals surface area contributed by atoms with Gasteiger partial charge in [0.2, 0.25) is 0 Å². The predicted octanol–water partition coefficient (Wildman–Crippen LogP) is 3.01. The molecule has 0 N–H and O–H groups in total. The molecule has 0 bridgehead atoms. The lowest BCUT2D eigenvalue weighted by Crippen LogP contribution is -2.32. The SMILES string of the molecule is CN(Cc1cnn(-c2ccccc2F)c1)C[C@@H]1CCCCO1. The van der Waals surface area contributed by atoms with Crippen LogP contribution in [0.1, 0.15) is 24.8 Å². The van der Waals surface area contributed by atoms with Gasteiger partial charge in [-0.2, -0.15) is 5.10 Å². The lowest BCUT2D eigenvalue weighted by Gasteiger charge is -2.27. The largest absolute Gasteiger partial charge is 0.377 e. The van der Waals surface area contributed by atoms with Gasteiger partial charge in [-0.05, 0) is 38.4 Å². The van der Waals surface area contributed by atoms with E-state index in [9.17, 15) is 4.39 Å². The first kappa shape index (κ1) is 15.2. The Hall–Kier alpha value is -1.72. The lowest BCUT2D eigenvalue weighted by atomic mass is 10.1. The van der Waals surface area contributed by atoms with Crippen molar-refractivity contribution in [3.63, 3.8) is 0 Å². The molecule has 1 aromatic carbocycles. The molecule has 4 nitrogen and oxygen atoms in total. The molecular weight excluding hydrogens is 281 g/mol. The van der Waals surface area contributed by atoms with Crippen molar-refractivity contribution in [2.45, 2.75) is 31.9 Å². The highest BCUT2D eigenvalue weighted by Crippen LogP contribution is 2.16. The van der Waals surface area contributed by atoms with Crippen LogP contribution in [0.4, 0.5) is 4.39 Å². The van der Waals surface area contributed by atoms with Gasteiger partial charge in [-0.15, -0.1) is 0 Å². The highest BCUT2D eigenvalue weighted by molar-refractivity contribution is 5.32. The topological polar surface area (TPSA) is 30.3 Å². The number of hydrogen-bond donors (Lipinski definition) is 0. The summed E-state index contributed by atoms with van der Waals surface area (Å²) in [4.78, 5) is 2.23. The van der Waals surface area contributed by atoms with Crippen LogP contribution in [-0.4, -0.2) is 41.0 Å². The first-order valence-corrected chi connectivity index (χ1v) is 7.81. The molecule has 0 spiro atoms. The van der Waals surface area contributed by atoms with Crippen LogP contribution in [0.25, 0.3) is 5.69 Å². The second-order valence-corrected chi connectivity index (χ2v) is 5.93. The van der Waals surface area contributed by atoms with Gasteiger partial charge in [0.25, 0.3) is 0 Å². The molecule has 0 unspecified atom stereocenters. The molecule has 0 saturated carbocycles. The van der Waals surface area contributed by atoms with Gasteiger partial charge in [0.1, 0.15) is 11.5 Å². The monoisotopic (exact) mass is 303 g/mol. The normalized spacial score (nSPS) is 18.8. The van der Waals surface area contributed by atoms with Crippen molar-refractivity contribution < 1.29 is 9.13 Å². The minimum absolute atomic E-state index is 0.263. The fraction of sp³-hybridized carbons (Fsp3) is 0.471. The molecule has 1 saturated heterocycles. The molecule has 22 heavy (non-hydrogen) atoms. The van der Waals surface area contributed by atoms with Crippen LogP contribution in [0.3, 0.4) is 0 Å². The first-order chi connectivity index (χ1) is 10.7. The van der Waals surface area contributed by atoms with E-state index in [1.807, 2.05) is 12.3 Å². The van der Waals surface area contributed by atoms with Crippen LogP contribution < -0.4 is 0 Å². The molecule has 0 aliphatic carbocycles. The molecule has 1 atom stereocenters. The summed E-state index contributed by atoms with van der Waals surface area (Å²) in [5.74, 6) is -0.263. The maximum Gasteiger partial charge on any atom is 0.148 e. The Morgan fingerprint density at radius 3 is 3.00 bits per heavy atom. The lowest BCUT2D eigenvalue weighted by molar-refractivity contribution is -0.00259. The average Bonchev–Trinajstić information content (AvgIpc) is 2.97. The van der Waals surface area contributed by atoms with Gasteiger partial charge >= 0.3 is 0 Å². The summed E-state index contributed by atoms with van der Waals surface area (Å²) in [6.45, 7) is 2.59. The maximum absolute atomic E-state index is 13.8. The molecule has 118 valence electrons. The van der Waals surface area contributed by atoms with Crippen molar-refractivity contribution in [2.24, 2.45) is 0 Å². The van der Waals surface area contributed by atoms with Gasteiger partial charge in [0.15, 0.2) is 0 Å². The van der Waals surface area contributed by atoms with Gasteiger partial charge in [-0.1, -0.05) is 12.1 Å². The number of halogens is 1. The summed E-state index contributed by atoms with van der Waals surface area (Å²) >= 11 is 0. The number of para-hydroxylation sites is 1. The highest BCUT2D eigenvalue weighted by atomic mass is 19.1. The van der Waals surface area contributed by atoms with Crippen molar-refractivity contribution in [3.05, 3.63) is 48.0 Å². The minimum atomic E-state index is -0.263. The number of ether oxygens (including phenoxy) is 1. The smallest absolute Gasteiger partial charge is 0.148 e. The van der Waals surface area contributed by atoms with E-state index in [1.165, 1.54) is 18.9 Å². The Labute approximate surface area is 130 Å². The fourth-order valence-electron chi connectivity index (χ4n) is 2.89. The number of nitrogens with zero attached hydrogens (tertiary/aromatic N) is 3. The molecule has 2 heterocycles. The maximum atomic E-state index is 13.8. The standard InChI is InChI=1S/C17H22FN3O/c1-20(13-15-6-4-5-9-22-15)11-14-10-19-21(12-14)17-8-3-2-7-16(17)18/h2-3,7-8,10,12,15H,4-6,9,11,13H2,1H3/t15-/m0/s1. The third kappa shape index (κ3) is 3.72. The van der Waals surface area contributed by atoms with Crippen molar-refractivity contribution in [1.29, 1.82) is 0 Å².